The van der Waals surface area contributed by atoms with E-state index in [1.54, 1.807) is 38.5 Å². The van der Waals surface area contributed by atoms with Crippen molar-refractivity contribution in [1.82, 2.24) is 14.9 Å². The van der Waals surface area contributed by atoms with Crippen molar-refractivity contribution in [2.75, 3.05) is 43.7 Å². The predicted octanol–water partition coefficient (Wildman–Crippen LogP) is 5.33. The number of fused-ring (bicyclic) bond motifs is 2. The van der Waals surface area contributed by atoms with Crippen molar-refractivity contribution in [1.29, 1.82) is 0 Å². The summed E-state index contributed by atoms with van der Waals surface area (Å²) in [6, 6.07) is 24.0. The topological polar surface area (TPSA) is 132 Å². The highest BCUT2D eigenvalue weighted by Gasteiger charge is 2.20. The number of benzene rings is 4. The Morgan fingerprint density at radius 3 is 2.36 bits per heavy atom. The van der Waals surface area contributed by atoms with E-state index in [1.807, 2.05) is 42.5 Å². The number of amides is 2. The number of nitrogens with two attached hydrogens (primary N) is 1. The van der Waals surface area contributed by atoms with Gasteiger partial charge in [-0.05, 0) is 84.1 Å². The molecule has 0 aliphatic carbocycles. The SMILES string of the molecule is COc1cc2c(cc1OC)CN(CCc1ccc(NC(=O)c3ccc(N)cc3NC(=O)c3cnc4ccccc4n3)cc1)CC2. The van der Waals surface area contributed by atoms with Gasteiger partial charge in [0.05, 0.1) is 42.7 Å². The van der Waals surface area contributed by atoms with Gasteiger partial charge in [0.1, 0.15) is 5.69 Å². The molecule has 0 unspecified atom stereocenters. The molecule has 0 fully saturated rings. The maximum absolute atomic E-state index is 13.3. The van der Waals surface area contributed by atoms with Crippen LogP contribution in [0, 0.1) is 0 Å². The van der Waals surface area contributed by atoms with Gasteiger partial charge in [0, 0.05) is 31.0 Å². The second-order valence-electron chi connectivity index (χ2n) is 10.9. The molecule has 228 valence electrons. The third-order valence-corrected chi connectivity index (χ3v) is 7.94. The van der Waals surface area contributed by atoms with Crippen molar-refractivity contribution in [3.63, 3.8) is 0 Å². The minimum atomic E-state index is -0.492. The van der Waals surface area contributed by atoms with E-state index in [0.29, 0.717) is 22.4 Å². The van der Waals surface area contributed by atoms with Gasteiger partial charge in [-0.2, -0.15) is 0 Å². The van der Waals surface area contributed by atoms with Gasteiger partial charge in [0.25, 0.3) is 11.8 Å². The average molecular weight is 603 g/mol. The lowest BCUT2D eigenvalue weighted by Gasteiger charge is -2.29. The second kappa shape index (κ2) is 13.0. The summed E-state index contributed by atoms with van der Waals surface area (Å²) in [6.45, 7) is 2.75. The number of ether oxygens (including phenoxy) is 2. The maximum Gasteiger partial charge on any atom is 0.275 e. The molecule has 4 aromatic carbocycles. The van der Waals surface area contributed by atoms with E-state index >= 15 is 0 Å². The van der Waals surface area contributed by atoms with Crippen LogP contribution >= 0.6 is 0 Å². The number of nitrogens with one attached hydrogen (secondary N) is 2. The first kappa shape index (κ1) is 29.6. The van der Waals surface area contributed by atoms with E-state index in [-0.39, 0.29) is 22.9 Å². The number of hydrogen-bond acceptors (Lipinski definition) is 8. The number of nitrogen functional groups attached to an aromatic ring is 1. The van der Waals surface area contributed by atoms with Crippen LogP contribution in [0.2, 0.25) is 0 Å². The van der Waals surface area contributed by atoms with Crippen LogP contribution < -0.4 is 25.8 Å². The summed E-state index contributed by atoms with van der Waals surface area (Å²) in [5.41, 5.74) is 12.7. The Balaban J connectivity index is 1.07. The summed E-state index contributed by atoms with van der Waals surface area (Å²) in [5, 5.41) is 5.70. The van der Waals surface area contributed by atoms with Crippen molar-refractivity contribution in [3.8, 4) is 11.5 Å². The Morgan fingerprint density at radius 1 is 0.867 bits per heavy atom. The van der Waals surface area contributed by atoms with E-state index in [9.17, 15) is 9.59 Å². The smallest absolute Gasteiger partial charge is 0.275 e. The monoisotopic (exact) mass is 602 g/mol. The van der Waals surface area contributed by atoms with Crippen molar-refractivity contribution in [3.05, 3.63) is 113 Å². The van der Waals surface area contributed by atoms with Crippen LogP contribution in [0.5, 0.6) is 11.5 Å². The van der Waals surface area contributed by atoms with Crippen molar-refractivity contribution in [2.45, 2.75) is 19.4 Å². The molecule has 2 amide bonds. The Labute approximate surface area is 261 Å². The first-order chi connectivity index (χ1) is 21.9. The lowest BCUT2D eigenvalue weighted by atomic mass is 9.98. The number of rotatable bonds is 9. The fourth-order valence-corrected chi connectivity index (χ4v) is 5.49. The molecule has 6 rings (SSSR count). The predicted molar refractivity (Wildman–Crippen MR) is 175 cm³/mol. The number of methoxy groups -OCH3 is 2. The summed E-state index contributed by atoms with van der Waals surface area (Å²) in [7, 11) is 3.32. The van der Waals surface area contributed by atoms with Gasteiger partial charge < -0.3 is 25.8 Å². The van der Waals surface area contributed by atoms with Gasteiger partial charge in [0.2, 0.25) is 0 Å². The van der Waals surface area contributed by atoms with E-state index in [1.165, 1.54) is 22.9 Å². The fourth-order valence-electron chi connectivity index (χ4n) is 5.49. The average Bonchev–Trinajstić information content (AvgIpc) is 3.07. The lowest BCUT2D eigenvalue weighted by molar-refractivity contribution is 0.102. The van der Waals surface area contributed by atoms with Crippen molar-refractivity contribution < 1.29 is 19.1 Å². The first-order valence-corrected chi connectivity index (χ1v) is 14.7. The number of hydrogen-bond donors (Lipinski definition) is 3. The highest BCUT2D eigenvalue weighted by molar-refractivity contribution is 6.12. The van der Waals surface area contributed by atoms with Crippen LogP contribution in [0.25, 0.3) is 11.0 Å². The van der Waals surface area contributed by atoms with Crippen LogP contribution in [0.3, 0.4) is 0 Å². The molecule has 5 aromatic rings. The molecule has 1 aliphatic rings. The van der Waals surface area contributed by atoms with Gasteiger partial charge in [-0.25, -0.2) is 4.98 Å². The summed E-state index contributed by atoms with van der Waals surface area (Å²) < 4.78 is 10.9. The third-order valence-electron chi connectivity index (χ3n) is 7.94. The molecule has 0 bridgehead atoms. The third kappa shape index (κ3) is 6.71. The maximum atomic E-state index is 13.3. The van der Waals surface area contributed by atoms with Gasteiger partial charge in [-0.3, -0.25) is 19.5 Å². The van der Waals surface area contributed by atoms with E-state index in [0.717, 1.165) is 44.0 Å². The van der Waals surface area contributed by atoms with E-state index in [4.69, 9.17) is 15.2 Å². The van der Waals surface area contributed by atoms with Gasteiger partial charge >= 0.3 is 0 Å². The number of aromatic nitrogens is 2. The lowest BCUT2D eigenvalue weighted by Crippen LogP contribution is -2.32. The molecule has 2 heterocycles. The van der Waals surface area contributed by atoms with Gasteiger partial charge in [0.15, 0.2) is 11.5 Å². The van der Waals surface area contributed by atoms with E-state index in [2.05, 4.69) is 37.6 Å². The zero-order valence-electron chi connectivity index (χ0n) is 25.2. The summed E-state index contributed by atoms with van der Waals surface area (Å²) >= 11 is 0. The van der Waals surface area contributed by atoms with E-state index < -0.39 is 5.91 Å². The summed E-state index contributed by atoms with van der Waals surface area (Å²) in [4.78, 5) is 37.5. The molecule has 1 aromatic heterocycles. The number of carbonyl (C=O) groups excluding carboxylic acids is 2. The highest BCUT2D eigenvalue weighted by atomic mass is 16.5. The van der Waals surface area contributed by atoms with Crippen LogP contribution in [0.4, 0.5) is 17.1 Å². The Bertz CT molecular complexity index is 1880. The molecule has 0 radical (unpaired) electrons. The molecule has 0 spiro atoms. The summed E-state index contributed by atoms with van der Waals surface area (Å²) in [5.74, 6) is 0.656. The number of nitrogens with zero attached hydrogens (tertiary/aromatic N) is 3. The zero-order chi connectivity index (χ0) is 31.3. The second-order valence-corrected chi connectivity index (χ2v) is 10.9. The molecule has 10 nitrogen and oxygen atoms in total. The normalized spacial score (nSPS) is 12.8. The van der Waals surface area contributed by atoms with Crippen LogP contribution in [0.1, 0.15) is 37.5 Å². The molecular formula is C35H34N6O4. The number of carbonyl (C=O) groups is 2. The van der Waals surface area contributed by atoms with Crippen molar-refractivity contribution >= 4 is 39.9 Å². The molecule has 0 saturated heterocycles. The van der Waals surface area contributed by atoms with Crippen LogP contribution in [-0.4, -0.2) is 54.0 Å². The largest absolute Gasteiger partial charge is 0.493 e. The molecular weight excluding hydrogens is 568 g/mol. The molecule has 10 heteroatoms. The first-order valence-electron chi connectivity index (χ1n) is 14.7. The minimum Gasteiger partial charge on any atom is -0.493 e. The standard InChI is InChI=1S/C35H34N6O4/c1-44-32-17-23-14-16-41(21-24(23)18-33(32)45-2)15-13-22-7-10-26(11-8-22)38-34(42)27-12-9-25(36)19-30(27)40-35(43)31-20-37-28-5-3-4-6-29(28)39-31/h3-12,17-20H,13-16,21,36H2,1-2H3,(H,38,42)(H,40,43). The molecule has 1 aliphatic heterocycles. The van der Waals surface area contributed by atoms with Crippen LogP contribution in [0.15, 0.2) is 85.1 Å². The highest BCUT2D eigenvalue weighted by Crippen LogP contribution is 2.33. The Hall–Kier alpha value is -5.48. The molecule has 0 atom stereocenters. The van der Waals surface area contributed by atoms with Crippen LogP contribution in [-0.2, 0) is 19.4 Å². The van der Waals surface area contributed by atoms with Crippen molar-refractivity contribution in [2.24, 2.45) is 0 Å². The molecule has 0 saturated carbocycles. The zero-order valence-corrected chi connectivity index (χ0v) is 25.2. The fraction of sp³-hybridized carbons (Fsp3) is 0.200. The summed E-state index contributed by atoms with van der Waals surface area (Å²) in [6.07, 6.45) is 3.25. The minimum absolute atomic E-state index is 0.131. The Kier molecular flexibility index (Phi) is 8.56. The molecule has 45 heavy (non-hydrogen) atoms. The van der Waals surface area contributed by atoms with Gasteiger partial charge in [-0.15, -0.1) is 0 Å². The Morgan fingerprint density at radius 2 is 1.60 bits per heavy atom. The molecule has 4 N–H and O–H groups in total. The number of anilines is 3. The van der Waals surface area contributed by atoms with Gasteiger partial charge in [-0.1, -0.05) is 24.3 Å². The number of para-hydroxylation sites is 2. The quantitative estimate of drug-likeness (QED) is 0.193.